The lowest BCUT2D eigenvalue weighted by molar-refractivity contribution is -0.119. The summed E-state index contributed by atoms with van der Waals surface area (Å²) in [5, 5.41) is 3.06. The number of esters is 1. The number of nitrogens with zero attached hydrogens (tertiary/aromatic N) is 2. The first-order chi connectivity index (χ1) is 15.4. The Hall–Kier alpha value is -2.63. The highest BCUT2D eigenvalue weighted by atomic mass is 32.2. The number of hydrogen-bond donors (Lipinski definition) is 1. The predicted molar refractivity (Wildman–Crippen MR) is 121 cm³/mol. The van der Waals surface area contributed by atoms with Crippen molar-refractivity contribution in [2.45, 2.75) is 29.2 Å². The molecule has 0 spiro atoms. The summed E-state index contributed by atoms with van der Waals surface area (Å²) in [6.45, 7) is 0.393. The van der Waals surface area contributed by atoms with Crippen LogP contribution in [0.25, 0.3) is 0 Å². The van der Waals surface area contributed by atoms with Crippen LogP contribution in [0.3, 0.4) is 0 Å². The minimum atomic E-state index is -3.68. The van der Waals surface area contributed by atoms with Gasteiger partial charge in [0.2, 0.25) is 10.0 Å². The number of rotatable bonds is 8. The van der Waals surface area contributed by atoms with Gasteiger partial charge in [-0.3, -0.25) is 4.79 Å². The van der Waals surface area contributed by atoms with Crippen molar-refractivity contribution in [2.24, 2.45) is 0 Å². The van der Waals surface area contributed by atoms with E-state index in [-0.39, 0.29) is 16.1 Å². The van der Waals surface area contributed by atoms with E-state index in [4.69, 9.17) is 9.47 Å². The molecule has 1 fully saturated rings. The molecule has 1 aliphatic rings. The highest BCUT2D eigenvalue weighted by molar-refractivity contribution is 7.98. The summed E-state index contributed by atoms with van der Waals surface area (Å²) >= 11 is 1.29. The Balaban J connectivity index is 1.71. The second kappa shape index (κ2) is 10.8. The third kappa shape index (κ3) is 5.59. The quantitative estimate of drug-likeness (QED) is 0.454. The predicted octanol–water partition coefficient (Wildman–Crippen LogP) is 2.78. The van der Waals surface area contributed by atoms with Gasteiger partial charge >= 0.3 is 5.97 Å². The van der Waals surface area contributed by atoms with Crippen LogP contribution in [-0.2, 0) is 19.6 Å². The van der Waals surface area contributed by atoms with E-state index in [1.807, 2.05) is 0 Å². The van der Waals surface area contributed by atoms with E-state index < -0.39 is 28.5 Å². The number of thioether (sulfide) groups is 1. The average Bonchev–Trinajstić information content (AvgIpc) is 2.83. The molecule has 1 amide bonds. The molecular formula is C21H25N3O6S2. The van der Waals surface area contributed by atoms with Crippen LogP contribution in [0, 0.1) is 0 Å². The molecule has 0 atom stereocenters. The smallest absolute Gasteiger partial charge is 0.341 e. The minimum absolute atomic E-state index is 0.0625. The number of pyridine rings is 1. The lowest BCUT2D eigenvalue weighted by atomic mass is 10.2. The van der Waals surface area contributed by atoms with Gasteiger partial charge < -0.3 is 14.8 Å². The number of benzene rings is 1. The highest BCUT2D eigenvalue weighted by Gasteiger charge is 2.27. The van der Waals surface area contributed by atoms with Crippen LogP contribution in [0.4, 0.5) is 5.69 Å². The standard InChI is InChI=1S/C21H25N3O6S2/c1-29-18-9-8-15(32(27,28)24-11-4-3-5-12-24)13-17(18)23-19(25)14-30-21(26)16-7-6-10-22-20(16)31-2/h6-10,13H,3-5,11-12,14H2,1-2H3,(H,23,25). The van der Waals surface area contributed by atoms with Crippen LogP contribution in [-0.4, -0.2) is 62.6 Å². The van der Waals surface area contributed by atoms with Gasteiger partial charge in [0.25, 0.3) is 5.91 Å². The molecule has 1 saturated heterocycles. The van der Waals surface area contributed by atoms with Crippen LogP contribution in [0.5, 0.6) is 5.75 Å². The maximum atomic E-state index is 13.0. The maximum absolute atomic E-state index is 13.0. The van der Waals surface area contributed by atoms with Gasteiger partial charge in [-0.25, -0.2) is 18.2 Å². The third-order valence-electron chi connectivity index (χ3n) is 4.92. The zero-order valence-corrected chi connectivity index (χ0v) is 19.5. The van der Waals surface area contributed by atoms with Gasteiger partial charge in [-0.15, -0.1) is 11.8 Å². The molecule has 0 unspecified atom stereocenters. The number of sulfonamides is 1. The SMILES string of the molecule is COc1ccc(S(=O)(=O)N2CCCCC2)cc1NC(=O)COC(=O)c1cccnc1SC. The van der Waals surface area contributed by atoms with Crippen molar-refractivity contribution >= 4 is 39.3 Å². The first-order valence-corrected chi connectivity index (χ1v) is 12.7. The molecule has 0 aliphatic carbocycles. The van der Waals surface area contributed by atoms with Crippen molar-refractivity contribution in [3.63, 3.8) is 0 Å². The molecule has 0 radical (unpaired) electrons. The largest absolute Gasteiger partial charge is 0.495 e. The number of methoxy groups -OCH3 is 1. The molecule has 11 heteroatoms. The molecule has 3 rings (SSSR count). The van der Waals surface area contributed by atoms with Crippen molar-refractivity contribution < 1.29 is 27.5 Å². The fourth-order valence-electron chi connectivity index (χ4n) is 3.30. The van der Waals surface area contributed by atoms with Crippen molar-refractivity contribution in [2.75, 3.05) is 38.4 Å². The number of piperidine rings is 1. The number of carbonyl (C=O) groups is 2. The van der Waals surface area contributed by atoms with Crippen LogP contribution in [0.1, 0.15) is 29.6 Å². The topological polar surface area (TPSA) is 115 Å². The van der Waals surface area contributed by atoms with Gasteiger partial charge in [0.05, 0.1) is 23.3 Å². The van der Waals surface area contributed by atoms with Crippen LogP contribution in [0.15, 0.2) is 46.5 Å². The molecule has 32 heavy (non-hydrogen) atoms. The van der Waals surface area contributed by atoms with Gasteiger partial charge in [-0.05, 0) is 49.4 Å². The van der Waals surface area contributed by atoms with Gasteiger partial charge in [0.1, 0.15) is 10.8 Å². The third-order valence-corrected chi connectivity index (χ3v) is 7.52. The van der Waals surface area contributed by atoms with Crippen molar-refractivity contribution in [1.29, 1.82) is 0 Å². The second-order valence-corrected chi connectivity index (χ2v) is 9.74. The molecule has 1 N–H and O–H groups in total. The number of amides is 1. The Morgan fingerprint density at radius 1 is 1.19 bits per heavy atom. The number of aromatic nitrogens is 1. The van der Waals surface area contributed by atoms with Crippen molar-refractivity contribution in [3.8, 4) is 5.75 Å². The number of nitrogens with one attached hydrogen (secondary N) is 1. The minimum Gasteiger partial charge on any atom is -0.495 e. The average molecular weight is 480 g/mol. The van der Waals surface area contributed by atoms with E-state index >= 15 is 0 Å². The van der Waals surface area contributed by atoms with Crippen LogP contribution < -0.4 is 10.1 Å². The fraction of sp³-hybridized carbons (Fsp3) is 0.381. The van der Waals surface area contributed by atoms with Crippen LogP contribution >= 0.6 is 11.8 Å². The Morgan fingerprint density at radius 3 is 2.62 bits per heavy atom. The summed E-state index contributed by atoms with van der Waals surface area (Å²) in [5.41, 5.74) is 0.442. The Morgan fingerprint density at radius 2 is 1.94 bits per heavy atom. The first-order valence-electron chi connectivity index (χ1n) is 10.0. The Bertz CT molecular complexity index is 1080. The monoisotopic (exact) mass is 479 g/mol. The molecule has 2 aromatic rings. The van der Waals surface area contributed by atoms with E-state index in [9.17, 15) is 18.0 Å². The molecule has 0 saturated carbocycles. The van der Waals surface area contributed by atoms with E-state index in [0.29, 0.717) is 23.9 Å². The van der Waals surface area contributed by atoms with Crippen molar-refractivity contribution in [3.05, 3.63) is 42.1 Å². The molecule has 0 bridgehead atoms. The Labute approximate surface area is 191 Å². The summed E-state index contributed by atoms with van der Waals surface area (Å²) in [7, 11) is -2.27. The van der Waals surface area contributed by atoms with Gasteiger partial charge in [-0.1, -0.05) is 6.42 Å². The van der Waals surface area contributed by atoms with E-state index in [1.165, 1.54) is 41.4 Å². The molecule has 172 valence electrons. The molecule has 1 aromatic heterocycles. The zero-order valence-electron chi connectivity index (χ0n) is 17.9. The van der Waals surface area contributed by atoms with Crippen molar-refractivity contribution in [1.82, 2.24) is 9.29 Å². The summed E-state index contributed by atoms with van der Waals surface area (Å²) in [6.07, 6.45) is 5.99. The Kier molecular flexibility index (Phi) is 8.10. The summed E-state index contributed by atoms with van der Waals surface area (Å²) < 4.78 is 37.7. The second-order valence-electron chi connectivity index (χ2n) is 7.01. The zero-order chi connectivity index (χ0) is 23.1. The maximum Gasteiger partial charge on any atom is 0.341 e. The molecule has 2 heterocycles. The number of anilines is 1. The normalized spacial score (nSPS) is 14.6. The molecule has 1 aromatic carbocycles. The number of ether oxygens (including phenoxy) is 2. The summed E-state index contributed by atoms with van der Waals surface area (Å²) in [4.78, 5) is 28.9. The van der Waals surface area contributed by atoms with E-state index in [1.54, 1.807) is 24.6 Å². The molecule has 1 aliphatic heterocycles. The lowest BCUT2D eigenvalue weighted by Gasteiger charge is -2.26. The lowest BCUT2D eigenvalue weighted by Crippen LogP contribution is -2.35. The van der Waals surface area contributed by atoms with E-state index in [2.05, 4.69) is 10.3 Å². The number of carbonyl (C=O) groups excluding carboxylic acids is 2. The van der Waals surface area contributed by atoms with Crippen LogP contribution in [0.2, 0.25) is 0 Å². The van der Waals surface area contributed by atoms with Gasteiger partial charge in [0, 0.05) is 19.3 Å². The van der Waals surface area contributed by atoms with Gasteiger partial charge in [-0.2, -0.15) is 4.31 Å². The highest BCUT2D eigenvalue weighted by Crippen LogP contribution is 2.30. The summed E-state index contributed by atoms with van der Waals surface area (Å²) in [6, 6.07) is 7.46. The number of hydrogen-bond acceptors (Lipinski definition) is 8. The van der Waals surface area contributed by atoms with Gasteiger partial charge in [0.15, 0.2) is 6.61 Å². The fourth-order valence-corrected chi connectivity index (χ4v) is 5.38. The first kappa shape index (κ1) is 24.0. The van der Waals surface area contributed by atoms with E-state index in [0.717, 1.165) is 19.3 Å². The summed E-state index contributed by atoms with van der Waals surface area (Å²) in [5.74, 6) is -1.01. The molecule has 9 nitrogen and oxygen atoms in total. The molecular weight excluding hydrogens is 454 g/mol.